The van der Waals surface area contributed by atoms with E-state index >= 15 is 0 Å². The maximum atomic E-state index is 2.33. The summed E-state index contributed by atoms with van der Waals surface area (Å²) < 4.78 is 0. The van der Waals surface area contributed by atoms with Crippen LogP contribution >= 0.6 is 0 Å². The predicted molar refractivity (Wildman–Crippen MR) is 321 cm³/mol. The molecule has 12 aromatic rings. The zero-order valence-electron chi connectivity index (χ0n) is 42.0. The van der Waals surface area contributed by atoms with Crippen LogP contribution in [0.15, 0.2) is 328 Å². The summed E-state index contributed by atoms with van der Waals surface area (Å²) in [5.41, 5.74) is 20.0. The fraction of sp³-hybridized carbons (Fsp3) is 0. The van der Waals surface area contributed by atoms with Gasteiger partial charge in [0.25, 0.3) is 0 Å². The molecule has 0 radical (unpaired) electrons. The van der Waals surface area contributed by atoms with Crippen LogP contribution in [0.5, 0.6) is 0 Å². The average molecular weight is 975 g/mol. The SMILES string of the molecule is c1ccc(-c2cccc(N(c3ccccc3)c3ccc(N(c4ccccc4)c4ccc(-c5ccc(N(c6ccccc6)c6ccc(N(c7ccccc7)c7cccc(-c8ccccc8)c7)cc6)cc5)cc4)cc3)c2)cc1. The van der Waals surface area contributed by atoms with Crippen LogP contribution in [0.4, 0.5) is 68.2 Å². The molecule has 0 unspecified atom stereocenters. The molecule has 0 atom stereocenters. The number of hydrogen-bond donors (Lipinski definition) is 0. The highest BCUT2D eigenvalue weighted by atomic mass is 15.2. The van der Waals surface area contributed by atoms with E-state index in [-0.39, 0.29) is 0 Å². The molecule has 0 amide bonds. The lowest BCUT2D eigenvalue weighted by atomic mass is 10.0. The van der Waals surface area contributed by atoms with Crippen molar-refractivity contribution in [2.75, 3.05) is 19.6 Å². The first kappa shape index (κ1) is 46.9. The molecule has 4 heteroatoms. The number of benzene rings is 12. The Hall–Kier alpha value is -10.2. The first-order chi connectivity index (χ1) is 37.7. The zero-order chi connectivity index (χ0) is 50.9. The van der Waals surface area contributed by atoms with E-state index in [1.165, 1.54) is 22.3 Å². The van der Waals surface area contributed by atoms with Crippen molar-refractivity contribution in [2.24, 2.45) is 0 Å². The Morgan fingerprint density at radius 1 is 0.118 bits per heavy atom. The van der Waals surface area contributed by atoms with E-state index in [0.717, 1.165) is 79.4 Å². The van der Waals surface area contributed by atoms with Gasteiger partial charge in [0.15, 0.2) is 0 Å². The average Bonchev–Trinajstić information content (AvgIpc) is 3.51. The molecule has 0 aliphatic rings. The molecule has 0 N–H and O–H groups in total. The third-order valence-corrected chi connectivity index (χ3v) is 13.8. The van der Waals surface area contributed by atoms with E-state index in [9.17, 15) is 0 Å². The van der Waals surface area contributed by atoms with Crippen molar-refractivity contribution in [2.45, 2.75) is 0 Å². The van der Waals surface area contributed by atoms with Crippen molar-refractivity contribution in [1.82, 2.24) is 0 Å². The maximum absolute atomic E-state index is 2.33. The van der Waals surface area contributed by atoms with Gasteiger partial charge < -0.3 is 19.6 Å². The summed E-state index contributed by atoms with van der Waals surface area (Å²) in [6.45, 7) is 0. The van der Waals surface area contributed by atoms with Crippen LogP contribution in [0.3, 0.4) is 0 Å². The minimum Gasteiger partial charge on any atom is -0.311 e. The maximum Gasteiger partial charge on any atom is 0.0467 e. The Morgan fingerprint density at radius 3 is 0.553 bits per heavy atom. The first-order valence-electron chi connectivity index (χ1n) is 25.8. The summed E-state index contributed by atoms with van der Waals surface area (Å²) >= 11 is 0. The van der Waals surface area contributed by atoms with E-state index < -0.39 is 0 Å². The lowest BCUT2D eigenvalue weighted by molar-refractivity contribution is 1.25. The summed E-state index contributed by atoms with van der Waals surface area (Å²) in [5.74, 6) is 0. The van der Waals surface area contributed by atoms with Crippen LogP contribution < -0.4 is 19.6 Å². The number of nitrogens with zero attached hydrogens (tertiary/aromatic N) is 4. The lowest BCUT2D eigenvalue weighted by Crippen LogP contribution is -2.12. The zero-order valence-corrected chi connectivity index (χ0v) is 42.0. The number of hydrogen-bond acceptors (Lipinski definition) is 4. The molecule has 0 bridgehead atoms. The van der Waals surface area contributed by atoms with Gasteiger partial charge >= 0.3 is 0 Å². The fourth-order valence-corrected chi connectivity index (χ4v) is 10.1. The number of anilines is 12. The van der Waals surface area contributed by atoms with Crippen LogP contribution in [0.25, 0.3) is 33.4 Å². The molecule has 4 nitrogen and oxygen atoms in total. The Balaban J connectivity index is 0.826. The van der Waals surface area contributed by atoms with Gasteiger partial charge in [-0.1, -0.05) is 182 Å². The third kappa shape index (κ3) is 10.1. The van der Waals surface area contributed by atoms with E-state index in [4.69, 9.17) is 0 Å². The summed E-state index contributed by atoms with van der Waals surface area (Å²) in [4.78, 5) is 9.30. The van der Waals surface area contributed by atoms with Crippen molar-refractivity contribution in [3.8, 4) is 33.4 Å². The number of rotatable bonds is 15. The monoisotopic (exact) mass is 974 g/mol. The van der Waals surface area contributed by atoms with Gasteiger partial charge in [-0.25, -0.2) is 0 Å². The first-order valence-corrected chi connectivity index (χ1v) is 25.8. The second-order valence-electron chi connectivity index (χ2n) is 18.6. The Morgan fingerprint density at radius 2 is 0.289 bits per heavy atom. The molecule has 0 aliphatic heterocycles. The highest BCUT2D eigenvalue weighted by molar-refractivity contribution is 5.86. The van der Waals surface area contributed by atoms with Gasteiger partial charge in [0.2, 0.25) is 0 Å². The number of para-hydroxylation sites is 4. The Bertz CT molecular complexity index is 3510. The standard InChI is InChI=1S/C72H54N4/c1-7-21-55(22-8-1)59-25-19-35-71(53-59)75(63-31-15-5-16-32-63)69-49-45-67(46-50-69)73(61-27-11-3-12-28-61)65-41-37-57(38-42-65)58-39-43-66(44-40-58)74(62-29-13-4-14-30-62)68-47-51-70(52-48-68)76(64-33-17-6-18-34-64)72-36-20-26-60(54-72)56-23-9-2-10-24-56/h1-54H. The summed E-state index contributed by atoms with van der Waals surface area (Å²) in [6.07, 6.45) is 0. The largest absolute Gasteiger partial charge is 0.311 e. The van der Waals surface area contributed by atoms with Gasteiger partial charge in [-0.3, -0.25) is 0 Å². The van der Waals surface area contributed by atoms with Crippen LogP contribution in [-0.2, 0) is 0 Å². The van der Waals surface area contributed by atoms with Crippen LogP contribution in [0, 0.1) is 0 Å². The van der Waals surface area contributed by atoms with E-state index in [1.54, 1.807) is 0 Å². The van der Waals surface area contributed by atoms with Crippen LogP contribution in [-0.4, -0.2) is 0 Å². The lowest BCUT2D eigenvalue weighted by Gasteiger charge is -2.29. The smallest absolute Gasteiger partial charge is 0.0467 e. The minimum absolute atomic E-state index is 1.07. The topological polar surface area (TPSA) is 13.0 Å². The van der Waals surface area contributed by atoms with Gasteiger partial charge in [-0.15, -0.1) is 0 Å². The van der Waals surface area contributed by atoms with E-state index in [0.29, 0.717) is 0 Å². The van der Waals surface area contributed by atoms with Crippen molar-refractivity contribution >= 4 is 68.2 Å². The van der Waals surface area contributed by atoms with Crippen LogP contribution in [0.1, 0.15) is 0 Å². The normalized spacial score (nSPS) is 10.9. The summed E-state index contributed by atoms with van der Waals surface area (Å²) in [6, 6.07) is 117. The van der Waals surface area contributed by atoms with Gasteiger partial charge in [0.1, 0.15) is 0 Å². The Kier molecular flexibility index (Phi) is 13.5. The molecule has 76 heavy (non-hydrogen) atoms. The molecule has 0 saturated carbocycles. The predicted octanol–water partition coefficient (Wildman–Crippen LogP) is 20.6. The van der Waals surface area contributed by atoms with Crippen molar-refractivity contribution in [1.29, 1.82) is 0 Å². The molecule has 362 valence electrons. The molecule has 0 spiro atoms. The highest BCUT2D eigenvalue weighted by Crippen LogP contribution is 2.43. The molecular weight excluding hydrogens is 921 g/mol. The van der Waals surface area contributed by atoms with Crippen molar-refractivity contribution < 1.29 is 0 Å². The molecule has 0 fully saturated rings. The van der Waals surface area contributed by atoms with E-state index in [2.05, 4.69) is 347 Å². The minimum atomic E-state index is 1.07. The summed E-state index contributed by atoms with van der Waals surface area (Å²) in [5, 5.41) is 0. The van der Waals surface area contributed by atoms with Gasteiger partial charge in [-0.05, 0) is 179 Å². The molecular formula is C72H54N4. The second-order valence-corrected chi connectivity index (χ2v) is 18.6. The molecule has 0 saturated heterocycles. The van der Waals surface area contributed by atoms with Gasteiger partial charge in [-0.2, -0.15) is 0 Å². The van der Waals surface area contributed by atoms with Crippen molar-refractivity contribution in [3.63, 3.8) is 0 Å². The second kappa shape index (κ2) is 21.9. The fourth-order valence-electron chi connectivity index (χ4n) is 10.1. The summed E-state index contributed by atoms with van der Waals surface area (Å²) in [7, 11) is 0. The highest BCUT2D eigenvalue weighted by Gasteiger charge is 2.19. The third-order valence-electron chi connectivity index (χ3n) is 13.8. The molecule has 0 aliphatic carbocycles. The molecule has 0 heterocycles. The van der Waals surface area contributed by atoms with E-state index in [1.807, 2.05) is 0 Å². The molecule has 12 rings (SSSR count). The molecule has 0 aromatic heterocycles. The van der Waals surface area contributed by atoms with Crippen molar-refractivity contribution in [3.05, 3.63) is 328 Å². The Labute approximate surface area is 446 Å². The van der Waals surface area contributed by atoms with Gasteiger partial charge in [0, 0.05) is 68.2 Å². The molecule has 12 aromatic carbocycles. The quantitative estimate of drug-likeness (QED) is 0.101. The van der Waals surface area contributed by atoms with Gasteiger partial charge in [0.05, 0.1) is 0 Å². The van der Waals surface area contributed by atoms with Crippen LogP contribution in [0.2, 0.25) is 0 Å².